The molecule has 3 nitrogen and oxygen atoms in total. The summed E-state index contributed by atoms with van der Waals surface area (Å²) in [6, 6.07) is 8.21. The number of hydrogen-bond acceptors (Lipinski definition) is 3. The van der Waals surface area contributed by atoms with Gasteiger partial charge in [-0.15, -0.1) is 0 Å². The summed E-state index contributed by atoms with van der Waals surface area (Å²) in [4.78, 5) is 11.6. The summed E-state index contributed by atoms with van der Waals surface area (Å²) in [5, 5.41) is 3.13. The highest BCUT2D eigenvalue weighted by molar-refractivity contribution is 5.80. The average Bonchev–Trinajstić information content (AvgIpc) is 2.34. The second kappa shape index (κ2) is 7.07. The number of ketones is 1. The van der Waals surface area contributed by atoms with Gasteiger partial charge in [-0.1, -0.05) is 26.0 Å². The van der Waals surface area contributed by atoms with E-state index in [0.29, 0.717) is 19.0 Å². The van der Waals surface area contributed by atoms with Gasteiger partial charge in [-0.05, 0) is 24.1 Å². The van der Waals surface area contributed by atoms with Gasteiger partial charge in [0.25, 0.3) is 0 Å². The van der Waals surface area contributed by atoms with Gasteiger partial charge in [0, 0.05) is 12.5 Å². The minimum Gasteiger partial charge on any atom is -0.497 e. The molecule has 0 radical (unpaired) electrons. The van der Waals surface area contributed by atoms with Crippen molar-refractivity contribution < 1.29 is 9.53 Å². The van der Waals surface area contributed by atoms with E-state index in [4.69, 9.17) is 4.74 Å². The van der Waals surface area contributed by atoms with Crippen molar-refractivity contribution in [2.75, 3.05) is 13.7 Å². The van der Waals surface area contributed by atoms with Crippen molar-refractivity contribution in [2.45, 2.75) is 32.7 Å². The van der Waals surface area contributed by atoms with Gasteiger partial charge in [0.2, 0.25) is 0 Å². The number of nitrogens with one attached hydrogen (secondary N) is 1. The molecule has 17 heavy (non-hydrogen) atoms. The zero-order valence-electron chi connectivity index (χ0n) is 10.8. The number of ether oxygens (including phenoxy) is 1. The first-order valence-electron chi connectivity index (χ1n) is 6.00. The molecule has 0 atom stereocenters. The molecule has 0 bridgehead atoms. The van der Waals surface area contributed by atoms with Crippen molar-refractivity contribution in [1.29, 1.82) is 0 Å². The fraction of sp³-hybridized carbons (Fsp3) is 0.500. The Morgan fingerprint density at radius 3 is 2.47 bits per heavy atom. The largest absolute Gasteiger partial charge is 0.497 e. The van der Waals surface area contributed by atoms with Crippen LogP contribution in [0.4, 0.5) is 0 Å². The Morgan fingerprint density at radius 2 is 1.94 bits per heavy atom. The highest BCUT2D eigenvalue weighted by atomic mass is 16.5. The van der Waals surface area contributed by atoms with Crippen molar-refractivity contribution in [3.63, 3.8) is 0 Å². The summed E-state index contributed by atoms with van der Waals surface area (Å²) >= 11 is 0. The molecule has 0 heterocycles. The fourth-order valence-electron chi connectivity index (χ4n) is 1.48. The number of aryl methyl sites for hydroxylation is 1. The van der Waals surface area contributed by atoms with Gasteiger partial charge in [0.15, 0.2) is 0 Å². The van der Waals surface area contributed by atoms with Gasteiger partial charge in [-0.25, -0.2) is 0 Å². The molecule has 0 amide bonds. The summed E-state index contributed by atoms with van der Waals surface area (Å²) < 4.78 is 5.08. The molecule has 0 saturated heterocycles. The van der Waals surface area contributed by atoms with Crippen molar-refractivity contribution in [1.82, 2.24) is 5.32 Å². The molecule has 3 heteroatoms. The Balaban J connectivity index is 2.31. The zero-order chi connectivity index (χ0) is 12.7. The van der Waals surface area contributed by atoms with E-state index in [9.17, 15) is 4.79 Å². The van der Waals surface area contributed by atoms with E-state index >= 15 is 0 Å². The van der Waals surface area contributed by atoms with E-state index in [1.165, 1.54) is 5.56 Å². The lowest BCUT2D eigenvalue weighted by Crippen LogP contribution is -2.29. The van der Waals surface area contributed by atoms with Crippen LogP contribution in [0.15, 0.2) is 24.3 Å². The van der Waals surface area contributed by atoms with Crippen LogP contribution in [0.25, 0.3) is 0 Å². The third kappa shape index (κ3) is 5.50. The molecular weight excluding hydrogens is 214 g/mol. The topological polar surface area (TPSA) is 38.3 Å². The third-order valence-corrected chi connectivity index (χ3v) is 2.56. The number of Topliss-reactive ketones (excluding diaryl/α,β-unsaturated/α-hetero) is 1. The molecule has 1 rings (SSSR count). The maximum atomic E-state index is 11.6. The van der Waals surface area contributed by atoms with Gasteiger partial charge >= 0.3 is 0 Å². The van der Waals surface area contributed by atoms with Crippen molar-refractivity contribution in [2.24, 2.45) is 0 Å². The van der Waals surface area contributed by atoms with Crippen LogP contribution in [-0.4, -0.2) is 25.5 Å². The van der Waals surface area contributed by atoms with Crippen LogP contribution in [-0.2, 0) is 11.2 Å². The highest BCUT2D eigenvalue weighted by Crippen LogP contribution is 2.12. The number of rotatable bonds is 7. The lowest BCUT2D eigenvalue weighted by atomic mass is 10.1. The summed E-state index contributed by atoms with van der Waals surface area (Å²) in [6.45, 7) is 4.54. The van der Waals surface area contributed by atoms with E-state index in [-0.39, 0.29) is 5.78 Å². The Hall–Kier alpha value is -1.35. The summed E-state index contributed by atoms with van der Waals surface area (Å²) in [6.07, 6.45) is 1.38. The van der Waals surface area contributed by atoms with Gasteiger partial charge in [0.1, 0.15) is 11.5 Å². The number of hydrogen-bond donors (Lipinski definition) is 1. The minimum absolute atomic E-state index is 0.259. The van der Waals surface area contributed by atoms with Gasteiger partial charge in [0.05, 0.1) is 13.7 Å². The minimum atomic E-state index is 0.259. The molecule has 0 fully saturated rings. The van der Waals surface area contributed by atoms with Crippen LogP contribution in [0.3, 0.4) is 0 Å². The SMILES string of the molecule is COc1ccc(CCC(=O)CNC(C)C)cc1. The molecule has 1 aromatic rings. The first-order valence-corrected chi connectivity index (χ1v) is 6.00. The molecule has 0 spiro atoms. The predicted octanol–water partition coefficient (Wildman–Crippen LogP) is 2.19. The highest BCUT2D eigenvalue weighted by Gasteiger charge is 2.03. The lowest BCUT2D eigenvalue weighted by molar-refractivity contribution is -0.118. The Morgan fingerprint density at radius 1 is 1.29 bits per heavy atom. The average molecular weight is 235 g/mol. The maximum Gasteiger partial charge on any atom is 0.146 e. The number of carbonyl (C=O) groups is 1. The molecule has 0 aromatic heterocycles. The molecule has 0 saturated carbocycles. The summed E-state index contributed by atoms with van der Waals surface area (Å²) in [7, 11) is 1.65. The van der Waals surface area contributed by atoms with Gasteiger partial charge < -0.3 is 10.1 Å². The maximum absolute atomic E-state index is 11.6. The zero-order valence-corrected chi connectivity index (χ0v) is 10.8. The van der Waals surface area contributed by atoms with Crippen LogP contribution in [0.5, 0.6) is 5.75 Å². The van der Waals surface area contributed by atoms with E-state index in [1.807, 2.05) is 38.1 Å². The summed E-state index contributed by atoms with van der Waals surface area (Å²) in [5.41, 5.74) is 1.17. The molecule has 1 aromatic carbocycles. The molecule has 94 valence electrons. The van der Waals surface area contributed by atoms with Gasteiger partial charge in [-0.3, -0.25) is 4.79 Å². The van der Waals surface area contributed by atoms with Crippen LogP contribution >= 0.6 is 0 Å². The van der Waals surface area contributed by atoms with Crippen LogP contribution in [0.2, 0.25) is 0 Å². The fourth-order valence-corrected chi connectivity index (χ4v) is 1.48. The Bertz CT molecular complexity index is 344. The third-order valence-electron chi connectivity index (χ3n) is 2.56. The van der Waals surface area contributed by atoms with E-state index < -0.39 is 0 Å². The molecule has 0 aliphatic carbocycles. The predicted molar refractivity (Wildman–Crippen MR) is 69.5 cm³/mol. The van der Waals surface area contributed by atoms with E-state index in [0.717, 1.165) is 12.2 Å². The molecule has 0 aliphatic heterocycles. The standard InChI is InChI=1S/C14H21NO2/c1-11(2)15-10-13(16)7-4-12-5-8-14(17-3)9-6-12/h5-6,8-9,11,15H,4,7,10H2,1-3H3. The molecular formula is C14H21NO2. The second-order valence-corrected chi connectivity index (χ2v) is 4.42. The normalized spacial score (nSPS) is 10.6. The Labute approximate surface area is 103 Å². The quantitative estimate of drug-likeness (QED) is 0.787. The monoisotopic (exact) mass is 235 g/mol. The smallest absolute Gasteiger partial charge is 0.146 e. The second-order valence-electron chi connectivity index (χ2n) is 4.42. The first kappa shape index (κ1) is 13.7. The van der Waals surface area contributed by atoms with Crippen LogP contribution in [0.1, 0.15) is 25.8 Å². The van der Waals surface area contributed by atoms with Gasteiger partial charge in [-0.2, -0.15) is 0 Å². The van der Waals surface area contributed by atoms with Crippen molar-refractivity contribution >= 4 is 5.78 Å². The number of carbonyl (C=O) groups excluding carboxylic acids is 1. The van der Waals surface area contributed by atoms with Crippen LogP contribution in [0, 0.1) is 0 Å². The summed E-state index contributed by atoms with van der Waals surface area (Å²) in [5.74, 6) is 1.11. The van der Waals surface area contributed by atoms with Crippen molar-refractivity contribution in [3.05, 3.63) is 29.8 Å². The molecule has 0 aliphatic rings. The van der Waals surface area contributed by atoms with Crippen molar-refractivity contribution in [3.8, 4) is 5.75 Å². The van der Waals surface area contributed by atoms with Crippen LogP contribution < -0.4 is 10.1 Å². The van der Waals surface area contributed by atoms with E-state index in [1.54, 1.807) is 7.11 Å². The molecule has 0 unspecified atom stereocenters. The Kier molecular flexibility index (Phi) is 5.70. The lowest BCUT2D eigenvalue weighted by Gasteiger charge is -2.07. The van der Waals surface area contributed by atoms with E-state index in [2.05, 4.69) is 5.32 Å². The number of benzene rings is 1. The number of methoxy groups -OCH3 is 1. The molecule has 1 N–H and O–H groups in total. The first-order chi connectivity index (χ1) is 8.11.